The van der Waals surface area contributed by atoms with Crippen LogP contribution in [0.2, 0.25) is 0 Å². The zero-order valence-corrected chi connectivity index (χ0v) is 25.5. The number of nitriles is 1. The molecule has 8 rings (SSSR count). The summed E-state index contributed by atoms with van der Waals surface area (Å²) in [5.41, 5.74) is 8.08. The van der Waals surface area contributed by atoms with Crippen LogP contribution in [-0.2, 0) is 13.1 Å². The number of fused-ring (bicyclic) bond motifs is 6. The van der Waals surface area contributed by atoms with Crippen molar-refractivity contribution in [1.82, 2.24) is 19.8 Å². The molecule has 0 spiro atoms. The Balaban J connectivity index is 0.000000150. The average molecular weight is 632 g/mol. The van der Waals surface area contributed by atoms with Gasteiger partial charge >= 0.3 is 0 Å². The molecule has 2 amide bonds. The summed E-state index contributed by atoms with van der Waals surface area (Å²) in [6.45, 7) is 6.28. The molecule has 0 saturated carbocycles. The van der Waals surface area contributed by atoms with Gasteiger partial charge in [0.15, 0.2) is 11.6 Å². The smallest absolute Gasteiger partial charge is 0.268 e. The highest BCUT2D eigenvalue weighted by Crippen LogP contribution is 2.37. The molecule has 0 bridgehead atoms. The van der Waals surface area contributed by atoms with Gasteiger partial charge < -0.3 is 19.8 Å². The van der Waals surface area contributed by atoms with Crippen molar-refractivity contribution in [2.24, 2.45) is 0 Å². The maximum atomic E-state index is 14.2. The molecular weight excluding hydrogens is 603 g/mol. The number of nitrogens with zero attached hydrogens (tertiary/aromatic N) is 3. The minimum absolute atomic E-state index is 0.0831. The van der Waals surface area contributed by atoms with E-state index in [1.54, 1.807) is 24.3 Å². The first-order chi connectivity index (χ1) is 22.6. The van der Waals surface area contributed by atoms with Gasteiger partial charge in [-0.1, -0.05) is 35.9 Å². The van der Waals surface area contributed by atoms with Crippen LogP contribution in [-0.4, -0.2) is 34.0 Å². The second-order valence-electron chi connectivity index (χ2n) is 11.7. The fourth-order valence-electron chi connectivity index (χ4n) is 6.61. The number of nitrogens with one attached hydrogen (secondary N) is 2. The van der Waals surface area contributed by atoms with Gasteiger partial charge in [-0.2, -0.15) is 5.26 Å². The largest absolute Gasteiger partial charge is 0.349 e. The molecule has 4 aromatic carbocycles. The number of aryl methyl sites for hydroxylation is 2. The number of benzene rings is 4. The Morgan fingerprint density at radius 1 is 0.723 bits per heavy atom. The van der Waals surface area contributed by atoms with Crippen LogP contribution in [0.5, 0.6) is 0 Å². The number of hydrogen-bond acceptors (Lipinski definition) is 3. The lowest BCUT2D eigenvalue weighted by Crippen LogP contribution is -2.35. The van der Waals surface area contributed by atoms with Crippen LogP contribution in [0.25, 0.3) is 44.1 Å². The molecule has 2 aliphatic rings. The summed E-state index contributed by atoms with van der Waals surface area (Å²) in [5.74, 6) is -2.43. The van der Waals surface area contributed by atoms with Crippen LogP contribution >= 0.6 is 0 Å². The van der Waals surface area contributed by atoms with E-state index in [2.05, 4.69) is 16.7 Å². The Bertz CT molecular complexity index is 2310. The van der Waals surface area contributed by atoms with Gasteiger partial charge in [-0.15, -0.1) is 0 Å². The molecule has 0 unspecified atom stereocenters. The number of carbonyl (C=O) groups is 2. The second-order valence-corrected chi connectivity index (χ2v) is 11.7. The van der Waals surface area contributed by atoms with E-state index in [1.807, 2.05) is 47.2 Å². The fraction of sp³-hybridized carbons (Fsp3) is 0.162. The van der Waals surface area contributed by atoms with Crippen LogP contribution in [0, 0.1) is 42.6 Å². The van der Waals surface area contributed by atoms with E-state index < -0.39 is 11.6 Å². The second kappa shape index (κ2) is 11.5. The van der Waals surface area contributed by atoms with Gasteiger partial charge in [0.1, 0.15) is 17.2 Å². The van der Waals surface area contributed by atoms with Crippen molar-refractivity contribution in [3.05, 3.63) is 118 Å². The molecule has 0 atom stereocenters. The topological polar surface area (TPSA) is 91.8 Å². The van der Waals surface area contributed by atoms with Crippen LogP contribution < -0.4 is 10.6 Å². The molecule has 0 aliphatic carbocycles. The normalized spacial score (nSPS) is 13.7. The summed E-state index contributed by atoms with van der Waals surface area (Å²) in [7, 11) is 0. The number of carbonyl (C=O) groups excluding carboxylic acids is 2. The predicted octanol–water partition coefficient (Wildman–Crippen LogP) is 7.01. The highest BCUT2D eigenvalue weighted by Gasteiger charge is 2.26. The molecule has 2 aliphatic heterocycles. The minimum Gasteiger partial charge on any atom is -0.349 e. The number of hydrogen-bond donors (Lipinski definition) is 2. The van der Waals surface area contributed by atoms with Gasteiger partial charge in [-0.25, -0.2) is 13.2 Å². The maximum absolute atomic E-state index is 14.2. The Morgan fingerprint density at radius 3 is 2.13 bits per heavy atom. The lowest BCUT2D eigenvalue weighted by atomic mass is 10.00. The zero-order valence-electron chi connectivity index (χ0n) is 25.5. The molecule has 2 N–H and O–H groups in total. The zero-order chi connectivity index (χ0) is 33.0. The molecule has 0 saturated heterocycles. The van der Waals surface area contributed by atoms with E-state index in [-0.39, 0.29) is 17.6 Å². The number of amides is 2. The van der Waals surface area contributed by atoms with Gasteiger partial charge in [-0.3, -0.25) is 9.59 Å². The monoisotopic (exact) mass is 631 g/mol. The summed E-state index contributed by atoms with van der Waals surface area (Å²) < 4.78 is 45.0. The summed E-state index contributed by atoms with van der Waals surface area (Å²) in [5, 5.41) is 16.4. The van der Waals surface area contributed by atoms with Crippen molar-refractivity contribution in [2.75, 3.05) is 13.1 Å². The Labute approximate surface area is 267 Å². The van der Waals surface area contributed by atoms with Gasteiger partial charge in [-0.05, 0) is 73.0 Å². The third-order valence-electron chi connectivity index (χ3n) is 8.78. The fourth-order valence-corrected chi connectivity index (χ4v) is 6.61. The molecule has 4 heterocycles. The summed E-state index contributed by atoms with van der Waals surface area (Å²) in [6.07, 6.45) is 0. The van der Waals surface area contributed by atoms with Gasteiger partial charge in [0.05, 0.1) is 22.7 Å². The first-order valence-corrected chi connectivity index (χ1v) is 15.1. The highest BCUT2D eigenvalue weighted by atomic mass is 19.2. The summed E-state index contributed by atoms with van der Waals surface area (Å²) >= 11 is 0. The third kappa shape index (κ3) is 5.10. The Kier molecular flexibility index (Phi) is 7.32. The van der Waals surface area contributed by atoms with Crippen LogP contribution in [0.15, 0.2) is 72.8 Å². The van der Waals surface area contributed by atoms with Crippen molar-refractivity contribution in [1.29, 1.82) is 5.26 Å². The molecule has 234 valence electrons. The molecule has 0 radical (unpaired) electrons. The maximum Gasteiger partial charge on any atom is 0.268 e. The van der Waals surface area contributed by atoms with Gasteiger partial charge in [0, 0.05) is 48.1 Å². The first-order valence-electron chi connectivity index (χ1n) is 15.1. The van der Waals surface area contributed by atoms with Crippen LogP contribution in [0.1, 0.15) is 37.7 Å². The molecule has 6 aromatic rings. The summed E-state index contributed by atoms with van der Waals surface area (Å²) in [6, 6.07) is 21.9. The van der Waals surface area contributed by atoms with E-state index >= 15 is 0 Å². The van der Waals surface area contributed by atoms with E-state index in [4.69, 9.17) is 0 Å². The molecular formula is C37H28F3N5O2. The standard InChI is InChI=1S/C19H17FN2O.C18H11F2N3O/c1-11-3-5-13(6-4-11)16-10-14(20)9-15-12(2)17-19(23)21-7-8-22(17)18(15)16;19-14-2-1-11(7-15(14)20)13-6-10(9-21)5-12-8-16-18(24)22-3-4-23(16)17(12)13/h3-6,9-10H,7-8H2,1-2H3,(H,21,23);1-2,5-8H,3-4H2,(H,22,24). The van der Waals surface area contributed by atoms with Crippen molar-refractivity contribution in [3.8, 4) is 28.3 Å². The van der Waals surface area contributed by atoms with Crippen molar-refractivity contribution in [2.45, 2.75) is 26.9 Å². The molecule has 10 heteroatoms. The number of rotatable bonds is 2. The first kappa shape index (κ1) is 29.9. The van der Waals surface area contributed by atoms with Gasteiger partial charge in [0.2, 0.25) is 0 Å². The molecule has 7 nitrogen and oxygen atoms in total. The average Bonchev–Trinajstić information content (AvgIpc) is 3.59. The van der Waals surface area contributed by atoms with Crippen molar-refractivity contribution < 1.29 is 22.8 Å². The highest BCUT2D eigenvalue weighted by molar-refractivity contribution is 6.06. The lowest BCUT2D eigenvalue weighted by Gasteiger charge is -2.18. The molecule has 0 fully saturated rings. The van der Waals surface area contributed by atoms with Crippen molar-refractivity contribution >= 4 is 33.6 Å². The minimum atomic E-state index is -0.953. The van der Waals surface area contributed by atoms with E-state index in [9.17, 15) is 28.0 Å². The summed E-state index contributed by atoms with van der Waals surface area (Å²) in [4.78, 5) is 24.3. The van der Waals surface area contributed by atoms with Gasteiger partial charge in [0.25, 0.3) is 11.8 Å². The van der Waals surface area contributed by atoms with Crippen molar-refractivity contribution in [3.63, 3.8) is 0 Å². The number of aromatic nitrogens is 2. The molecule has 2 aromatic heterocycles. The quantitative estimate of drug-likeness (QED) is 0.215. The predicted molar refractivity (Wildman–Crippen MR) is 173 cm³/mol. The Hall–Kier alpha value is -5.82. The third-order valence-corrected chi connectivity index (χ3v) is 8.78. The van der Waals surface area contributed by atoms with E-state index in [0.29, 0.717) is 54.3 Å². The Morgan fingerprint density at radius 2 is 1.40 bits per heavy atom. The number of halogens is 3. The van der Waals surface area contributed by atoms with Crippen LogP contribution in [0.4, 0.5) is 13.2 Å². The SMILES string of the molecule is Cc1ccc(-c2cc(F)cc3c(C)c4n(c23)CCNC4=O)cc1.N#Cc1cc(-c2ccc(F)c(F)c2)c2c(c1)cc1n2CCNC1=O. The lowest BCUT2D eigenvalue weighted by molar-refractivity contribution is 0.0920. The van der Waals surface area contributed by atoms with E-state index in [1.165, 1.54) is 12.1 Å². The molecule has 47 heavy (non-hydrogen) atoms. The van der Waals surface area contributed by atoms with E-state index in [0.717, 1.165) is 56.2 Å². The van der Waals surface area contributed by atoms with Crippen LogP contribution in [0.3, 0.4) is 0 Å².